The standard InChI is InChI=1S/C21H23FN8O2/c1-32-17-14(19-25-10-13(22)11-26-19)4-2-5-16(17)28-20-15(18(23)31)12-27-21(29-20)30-8-3-6-24-7-9-30/h2,4-5,10-12,24H,3,6-9H2,1H3,(H2,23,31)(H,27,28,29). The molecule has 3 aromatic rings. The molecule has 32 heavy (non-hydrogen) atoms. The van der Waals surface area contributed by atoms with Crippen molar-refractivity contribution in [2.24, 2.45) is 5.73 Å². The monoisotopic (exact) mass is 438 g/mol. The molecule has 1 amide bonds. The van der Waals surface area contributed by atoms with Gasteiger partial charge in [-0.1, -0.05) is 6.07 Å². The predicted octanol–water partition coefficient (Wildman–Crippen LogP) is 1.72. The van der Waals surface area contributed by atoms with E-state index in [4.69, 9.17) is 10.5 Å². The van der Waals surface area contributed by atoms with Crippen LogP contribution in [-0.2, 0) is 0 Å². The number of nitrogens with one attached hydrogen (secondary N) is 2. The van der Waals surface area contributed by atoms with Crippen molar-refractivity contribution in [3.05, 3.63) is 48.2 Å². The molecule has 3 heterocycles. The number of methoxy groups -OCH3 is 1. The van der Waals surface area contributed by atoms with Gasteiger partial charge in [0.05, 0.1) is 30.8 Å². The van der Waals surface area contributed by atoms with Crippen LogP contribution in [0.5, 0.6) is 5.75 Å². The summed E-state index contributed by atoms with van der Waals surface area (Å²) in [5.41, 5.74) is 6.77. The van der Waals surface area contributed by atoms with Gasteiger partial charge in [-0.15, -0.1) is 0 Å². The number of anilines is 3. The summed E-state index contributed by atoms with van der Waals surface area (Å²) in [7, 11) is 1.50. The number of carbonyl (C=O) groups excluding carboxylic acids is 1. The zero-order chi connectivity index (χ0) is 22.5. The summed E-state index contributed by atoms with van der Waals surface area (Å²) in [5, 5.41) is 6.47. The number of ether oxygens (including phenoxy) is 1. The van der Waals surface area contributed by atoms with Crippen molar-refractivity contribution in [1.82, 2.24) is 25.3 Å². The molecule has 0 unspecified atom stereocenters. The van der Waals surface area contributed by atoms with Gasteiger partial charge in [0.15, 0.2) is 17.4 Å². The fourth-order valence-electron chi connectivity index (χ4n) is 3.46. The Kier molecular flexibility index (Phi) is 6.36. The number of hydrogen-bond acceptors (Lipinski definition) is 9. The largest absolute Gasteiger partial charge is 0.494 e. The van der Waals surface area contributed by atoms with Crippen LogP contribution in [0.4, 0.5) is 21.8 Å². The molecular weight excluding hydrogens is 415 g/mol. The molecule has 1 aliphatic heterocycles. The van der Waals surface area contributed by atoms with E-state index in [0.29, 0.717) is 28.8 Å². The summed E-state index contributed by atoms with van der Waals surface area (Å²) in [6.07, 6.45) is 4.54. The zero-order valence-corrected chi connectivity index (χ0v) is 17.5. The maximum atomic E-state index is 13.3. The number of hydrogen-bond donors (Lipinski definition) is 3. The Bertz CT molecular complexity index is 1100. The normalized spacial score (nSPS) is 14.0. The summed E-state index contributed by atoms with van der Waals surface area (Å²) in [4.78, 5) is 31.1. The fourth-order valence-corrected chi connectivity index (χ4v) is 3.46. The highest BCUT2D eigenvalue weighted by molar-refractivity contribution is 5.98. The predicted molar refractivity (Wildman–Crippen MR) is 118 cm³/mol. The van der Waals surface area contributed by atoms with E-state index in [1.54, 1.807) is 18.2 Å². The molecule has 10 nitrogen and oxygen atoms in total. The summed E-state index contributed by atoms with van der Waals surface area (Å²) in [6.45, 7) is 3.28. The van der Waals surface area contributed by atoms with Gasteiger partial charge in [-0.25, -0.2) is 19.3 Å². The van der Waals surface area contributed by atoms with Gasteiger partial charge in [-0.3, -0.25) is 4.79 Å². The number of para-hydroxylation sites is 1. The maximum absolute atomic E-state index is 13.3. The van der Waals surface area contributed by atoms with Crippen LogP contribution >= 0.6 is 0 Å². The minimum atomic E-state index is -0.659. The van der Waals surface area contributed by atoms with Crippen LogP contribution in [-0.4, -0.2) is 59.1 Å². The minimum absolute atomic E-state index is 0.146. The molecule has 166 valence electrons. The molecule has 0 atom stereocenters. The Morgan fingerprint density at radius 3 is 2.75 bits per heavy atom. The van der Waals surface area contributed by atoms with Gasteiger partial charge < -0.3 is 26.0 Å². The molecule has 11 heteroatoms. The second-order valence-corrected chi connectivity index (χ2v) is 7.12. The Morgan fingerprint density at radius 1 is 1.19 bits per heavy atom. The number of carbonyl (C=O) groups is 1. The van der Waals surface area contributed by atoms with Crippen LogP contribution in [0.1, 0.15) is 16.8 Å². The molecule has 1 fully saturated rings. The summed E-state index contributed by atoms with van der Waals surface area (Å²) in [5.74, 6) is 0.267. The van der Waals surface area contributed by atoms with Gasteiger partial charge in [0.25, 0.3) is 5.91 Å². The number of halogens is 1. The molecule has 0 bridgehead atoms. The van der Waals surface area contributed by atoms with E-state index in [9.17, 15) is 9.18 Å². The Balaban J connectivity index is 1.72. The van der Waals surface area contributed by atoms with Crippen molar-refractivity contribution in [3.63, 3.8) is 0 Å². The van der Waals surface area contributed by atoms with E-state index in [1.807, 2.05) is 0 Å². The van der Waals surface area contributed by atoms with E-state index < -0.39 is 11.7 Å². The Morgan fingerprint density at radius 2 is 2.00 bits per heavy atom. The number of primary amides is 1. The third kappa shape index (κ3) is 4.57. The number of nitrogens with zero attached hydrogens (tertiary/aromatic N) is 5. The van der Waals surface area contributed by atoms with Gasteiger partial charge in [-0.05, 0) is 25.1 Å². The molecule has 1 aromatic carbocycles. The van der Waals surface area contributed by atoms with Crippen molar-refractivity contribution in [2.45, 2.75) is 6.42 Å². The van der Waals surface area contributed by atoms with Crippen LogP contribution in [0, 0.1) is 5.82 Å². The SMILES string of the molecule is COc1c(Nc2nc(N3CCCNCC3)ncc2C(N)=O)cccc1-c1ncc(F)cn1. The Hall–Kier alpha value is -3.86. The van der Waals surface area contributed by atoms with Crippen LogP contribution in [0.3, 0.4) is 0 Å². The summed E-state index contributed by atoms with van der Waals surface area (Å²) >= 11 is 0. The van der Waals surface area contributed by atoms with Gasteiger partial charge in [0, 0.05) is 25.8 Å². The highest BCUT2D eigenvalue weighted by atomic mass is 19.1. The first kappa shape index (κ1) is 21.4. The molecule has 0 aliphatic carbocycles. The molecule has 2 aromatic heterocycles. The number of rotatable bonds is 6. The van der Waals surface area contributed by atoms with Crippen molar-refractivity contribution in [3.8, 4) is 17.1 Å². The fraction of sp³-hybridized carbons (Fsp3) is 0.286. The number of nitrogens with two attached hydrogens (primary N) is 1. The summed E-state index contributed by atoms with van der Waals surface area (Å²) in [6, 6.07) is 5.27. The average molecular weight is 438 g/mol. The molecule has 0 saturated carbocycles. The quantitative estimate of drug-likeness (QED) is 0.526. The lowest BCUT2D eigenvalue weighted by atomic mass is 10.1. The molecule has 0 spiro atoms. The van der Waals surface area contributed by atoms with Crippen LogP contribution in [0.15, 0.2) is 36.8 Å². The molecule has 4 rings (SSSR count). The summed E-state index contributed by atoms with van der Waals surface area (Å²) < 4.78 is 18.8. The first-order chi connectivity index (χ1) is 15.6. The van der Waals surface area contributed by atoms with Gasteiger partial charge >= 0.3 is 0 Å². The van der Waals surface area contributed by atoms with Crippen molar-refractivity contribution >= 4 is 23.4 Å². The minimum Gasteiger partial charge on any atom is -0.494 e. The van der Waals surface area contributed by atoms with E-state index in [1.165, 1.54) is 13.3 Å². The highest BCUT2D eigenvalue weighted by Crippen LogP contribution is 2.36. The van der Waals surface area contributed by atoms with Gasteiger partial charge in [-0.2, -0.15) is 4.98 Å². The topological polar surface area (TPSA) is 131 Å². The smallest absolute Gasteiger partial charge is 0.254 e. The number of amides is 1. The van der Waals surface area contributed by atoms with Crippen molar-refractivity contribution in [1.29, 1.82) is 0 Å². The lowest BCUT2D eigenvalue weighted by Crippen LogP contribution is -2.30. The Labute approximate surface area is 184 Å². The second-order valence-electron chi connectivity index (χ2n) is 7.12. The molecule has 1 aliphatic rings. The van der Waals surface area contributed by atoms with E-state index in [0.717, 1.165) is 45.0 Å². The molecule has 0 radical (unpaired) electrons. The van der Waals surface area contributed by atoms with Gasteiger partial charge in [0.1, 0.15) is 11.4 Å². The lowest BCUT2D eigenvalue weighted by Gasteiger charge is -2.21. The zero-order valence-electron chi connectivity index (χ0n) is 17.5. The van der Waals surface area contributed by atoms with E-state index in [-0.39, 0.29) is 11.4 Å². The number of aromatic nitrogens is 4. The van der Waals surface area contributed by atoms with Crippen LogP contribution in [0.2, 0.25) is 0 Å². The van der Waals surface area contributed by atoms with Crippen LogP contribution in [0.25, 0.3) is 11.4 Å². The molecular formula is C21H23FN8O2. The molecule has 4 N–H and O–H groups in total. The first-order valence-electron chi connectivity index (χ1n) is 10.1. The maximum Gasteiger partial charge on any atom is 0.254 e. The highest BCUT2D eigenvalue weighted by Gasteiger charge is 2.20. The van der Waals surface area contributed by atoms with Gasteiger partial charge in [0.2, 0.25) is 5.95 Å². The van der Waals surface area contributed by atoms with Crippen LogP contribution < -0.4 is 26.0 Å². The third-order valence-electron chi connectivity index (χ3n) is 5.00. The second kappa shape index (κ2) is 9.52. The van der Waals surface area contributed by atoms with E-state index >= 15 is 0 Å². The van der Waals surface area contributed by atoms with E-state index in [2.05, 4.69) is 35.5 Å². The first-order valence-corrected chi connectivity index (χ1v) is 10.1. The van der Waals surface area contributed by atoms with Crippen molar-refractivity contribution in [2.75, 3.05) is 43.5 Å². The molecule has 1 saturated heterocycles. The van der Waals surface area contributed by atoms with Crippen molar-refractivity contribution < 1.29 is 13.9 Å². The third-order valence-corrected chi connectivity index (χ3v) is 5.00. The number of benzene rings is 1. The average Bonchev–Trinajstić information content (AvgIpc) is 3.09. The lowest BCUT2D eigenvalue weighted by molar-refractivity contribution is 0.100.